The van der Waals surface area contributed by atoms with Crippen LogP contribution in [0.2, 0.25) is 0 Å². The number of hydrogen-bond donors (Lipinski definition) is 0. The number of ether oxygens (including phenoxy) is 1. The van der Waals surface area contributed by atoms with E-state index in [1.54, 1.807) is 17.5 Å². The van der Waals surface area contributed by atoms with Crippen molar-refractivity contribution in [3.63, 3.8) is 0 Å². The molecular weight excluding hydrogens is 176 g/mol. The zero-order chi connectivity index (χ0) is 8.97. The number of hydrogen-bond acceptors (Lipinski definition) is 4. The summed E-state index contributed by atoms with van der Waals surface area (Å²) in [5.41, 5.74) is 0. The van der Waals surface area contributed by atoms with Gasteiger partial charge in [-0.15, -0.1) is 11.3 Å². The molecular formula is C8H8O3S. The van der Waals surface area contributed by atoms with Crippen LogP contribution < -0.4 is 0 Å². The third-order valence-electron chi connectivity index (χ3n) is 1.20. The minimum Gasteiger partial charge on any atom is -0.457 e. The van der Waals surface area contributed by atoms with Crippen molar-refractivity contribution >= 4 is 23.1 Å². The molecule has 1 aromatic heterocycles. The first-order valence-corrected chi connectivity index (χ1v) is 4.28. The summed E-state index contributed by atoms with van der Waals surface area (Å²) >= 11 is 1.34. The highest BCUT2D eigenvalue weighted by Crippen LogP contribution is 2.08. The van der Waals surface area contributed by atoms with Crippen molar-refractivity contribution in [3.05, 3.63) is 22.4 Å². The molecule has 1 aromatic rings. The molecule has 0 aliphatic rings. The van der Waals surface area contributed by atoms with Crippen LogP contribution in [-0.4, -0.2) is 18.4 Å². The van der Waals surface area contributed by atoms with Crippen molar-refractivity contribution in [1.82, 2.24) is 0 Å². The molecule has 0 amide bonds. The highest BCUT2D eigenvalue weighted by Gasteiger charge is 2.07. The molecule has 0 aliphatic heterocycles. The first kappa shape index (κ1) is 8.93. The molecule has 0 aromatic carbocycles. The summed E-state index contributed by atoms with van der Waals surface area (Å²) in [4.78, 5) is 22.1. The van der Waals surface area contributed by atoms with Gasteiger partial charge in [0.1, 0.15) is 0 Å². The van der Waals surface area contributed by atoms with Crippen LogP contribution >= 0.6 is 11.3 Å². The minimum atomic E-state index is -0.431. The Balaban J connectivity index is 2.45. The standard InChI is InChI=1S/C8H8O3S/c1-6(9)11-5-7(10)8-3-2-4-12-8/h2-4H,5H2,1H3. The van der Waals surface area contributed by atoms with E-state index in [9.17, 15) is 9.59 Å². The normalized spacial score (nSPS) is 9.42. The summed E-state index contributed by atoms with van der Waals surface area (Å²) in [7, 11) is 0. The van der Waals surface area contributed by atoms with Gasteiger partial charge in [-0.1, -0.05) is 6.07 Å². The zero-order valence-corrected chi connectivity index (χ0v) is 7.39. The lowest BCUT2D eigenvalue weighted by Gasteiger charge is -1.97. The maximum absolute atomic E-state index is 11.1. The molecule has 3 nitrogen and oxygen atoms in total. The van der Waals surface area contributed by atoms with Gasteiger partial charge in [-0.3, -0.25) is 9.59 Å². The van der Waals surface area contributed by atoms with Gasteiger partial charge in [0.2, 0.25) is 5.78 Å². The highest BCUT2D eigenvalue weighted by molar-refractivity contribution is 7.12. The molecule has 4 heteroatoms. The summed E-state index contributed by atoms with van der Waals surface area (Å²) in [5, 5.41) is 1.81. The van der Waals surface area contributed by atoms with E-state index in [0.29, 0.717) is 4.88 Å². The fourth-order valence-electron chi connectivity index (χ4n) is 0.676. The molecule has 0 fully saturated rings. The second-order valence-electron chi connectivity index (χ2n) is 2.18. The van der Waals surface area contributed by atoms with Gasteiger partial charge in [0, 0.05) is 6.92 Å². The van der Waals surface area contributed by atoms with Crippen molar-refractivity contribution in [3.8, 4) is 0 Å². The van der Waals surface area contributed by atoms with Gasteiger partial charge in [0.25, 0.3) is 0 Å². The van der Waals surface area contributed by atoms with Crippen molar-refractivity contribution in [2.24, 2.45) is 0 Å². The topological polar surface area (TPSA) is 43.4 Å². The number of ketones is 1. The van der Waals surface area contributed by atoms with E-state index in [-0.39, 0.29) is 12.4 Å². The van der Waals surface area contributed by atoms with Gasteiger partial charge < -0.3 is 4.74 Å². The fourth-order valence-corrected chi connectivity index (χ4v) is 1.33. The van der Waals surface area contributed by atoms with Crippen LogP contribution in [0.4, 0.5) is 0 Å². The Bertz CT molecular complexity index is 277. The van der Waals surface area contributed by atoms with E-state index in [0.717, 1.165) is 0 Å². The predicted molar refractivity (Wildman–Crippen MR) is 45.3 cm³/mol. The van der Waals surface area contributed by atoms with Gasteiger partial charge >= 0.3 is 5.97 Å². The van der Waals surface area contributed by atoms with E-state index in [1.165, 1.54) is 18.3 Å². The van der Waals surface area contributed by atoms with Crippen LogP contribution in [0.5, 0.6) is 0 Å². The number of esters is 1. The largest absolute Gasteiger partial charge is 0.457 e. The number of carbonyl (C=O) groups excluding carboxylic acids is 2. The Morgan fingerprint density at radius 2 is 2.33 bits per heavy atom. The van der Waals surface area contributed by atoms with E-state index in [1.807, 2.05) is 0 Å². The van der Waals surface area contributed by atoms with Crippen LogP contribution in [0, 0.1) is 0 Å². The van der Waals surface area contributed by atoms with Crippen LogP contribution in [0.1, 0.15) is 16.6 Å². The molecule has 0 saturated heterocycles. The summed E-state index contributed by atoms with van der Waals surface area (Å²) in [6.07, 6.45) is 0. The summed E-state index contributed by atoms with van der Waals surface area (Å²) < 4.78 is 4.55. The molecule has 0 unspecified atom stereocenters. The second kappa shape index (κ2) is 4.01. The van der Waals surface area contributed by atoms with Crippen molar-refractivity contribution in [1.29, 1.82) is 0 Å². The van der Waals surface area contributed by atoms with Crippen LogP contribution in [-0.2, 0) is 9.53 Å². The molecule has 0 atom stereocenters. The number of Topliss-reactive ketones (excluding diaryl/α,β-unsaturated/α-hetero) is 1. The van der Waals surface area contributed by atoms with Crippen molar-refractivity contribution in [2.45, 2.75) is 6.92 Å². The van der Waals surface area contributed by atoms with Gasteiger partial charge in [-0.05, 0) is 11.4 Å². The molecule has 1 rings (SSSR count). The SMILES string of the molecule is CC(=O)OCC(=O)c1cccs1. The number of thiophene rings is 1. The number of rotatable bonds is 3. The zero-order valence-electron chi connectivity index (χ0n) is 6.57. The lowest BCUT2D eigenvalue weighted by molar-refractivity contribution is -0.139. The molecule has 1 heterocycles. The molecule has 64 valence electrons. The average molecular weight is 184 g/mol. The first-order chi connectivity index (χ1) is 5.70. The fraction of sp³-hybridized carbons (Fsp3) is 0.250. The Hall–Kier alpha value is -1.16. The van der Waals surface area contributed by atoms with Gasteiger partial charge in [-0.25, -0.2) is 0 Å². The first-order valence-electron chi connectivity index (χ1n) is 3.40. The molecule has 0 bridgehead atoms. The van der Waals surface area contributed by atoms with Crippen LogP contribution in [0.3, 0.4) is 0 Å². The van der Waals surface area contributed by atoms with Gasteiger partial charge in [-0.2, -0.15) is 0 Å². The third-order valence-corrected chi connectivity index (χ3v) is 2.11. The molecule has 12 heavy (non-hydrogen) atoms. The Labute approximate surface area is 74.0 Å². The summed E-state index contributed by atoms with van der Waals surface area (Å²) in [6.45, 7) is 1.12. The second-order valence-corrected chi connectivity index (χ2v) is 3.13. The van der Waals surface area contributed by atoms with Gasteiger partial charge in [0.15, 0.2) is 6.61 Å². The van der Waals surface area contributed by atoms with Crippen LogP contribution in [0.15, 0.2) is 17.5 Å². The maximum Gasteiger partial charge on any atom is 0.303 e. The van der Waals surface area contributed by atoms with E-state index in [2.05, 4.69) is 4.74 Å². The highest BCUT2D eigenvalue weighted by atomic mass is 32.1. The maximum atomic E-state index is 11.1. The molecule has 0 aliphatic carbocycles. The summed E-state index contributed by atoms with van der Waals surface area (Å²) in [5.74, 6) is -0.583. The van der Waals surface area contributed by atoms with Crippen LogP contribution in [0.25, 0.3) is 0 Å². The quantitative estimate of drug-likeness (QED) is 0.528. The third kappa shape index (κ3) is 2.47. The minimum absolute atomic E-state index is 0.153. The number of carbonyl (C=O) groups is 2. The Morgan fingerprint density at radius 3 is 2.83 bits per heavy atom. The molecule has 0 spiro atoms. The van der Waals surface area contributed by atoms with E-state index in [4.69, 9.17) is 0 Å². The van der Waals surface area contributed by atoms with E-state index < -0.39 is 5.97 Å². The lowest BCUT2D eigenvalue weighted by atomic mass is 10.3. The predicted octanol–water partition coefficient (Wildman–Crippen LogP) is 1.49. The average Bonchev–Trinajstić information content (AvgIpc) is 2.51. The molecule has 0 N–H and O–H groups in total. The van der Waals surface area contributed by atoms with E-state index >= 15 is 0 Å². The smallest absolute Gasteiger partial charge is 0.303 e. The Morgan fingerprint density at radius 1 is 1.58 bits per heavy atom. The van der Waals surface area contributed by atoms with Crippen molar-refractivity contribution < 1.29 is 14.3 Å². The molecule has 0 saturated carbocycles. The lowest BCUT2D eigenvalue weighted by Crippen LogP contribution is -2.10. The monoisotopic (exact) mass is 184 g/mol. The van der Waals surface area contributed by atoms with Gasteiger partial charge in [0.05, 0.1) is 4.88 Å². The van der Waals surface area contributed by atoms with Crippen molar-refractivity contribution in [2.75, 3.05) is 6.61 Å². The molecule has 0 radical (unpaired) electrons. The summed E-state index contributed by atoms with van der Waals surface area (Å²) in [6, 6.07) is 3.49. The Kier molecular flexibility index (Phi) is 2.99.